The lowest BCUT2D eigenvalue weighted by Crippen LogP contribution is -2.50. The summed E-state index contributed by atoms with van der Waals surface area (Å²) in [6.45, 7) is 7.21. The molecule has 1 atom stereocenters. The van der Waals surface area contributed by atoms with Gasteiger partial charge in [-0.2, -0.15) is 0 Å². The normalized spacial score (nSPS) is 24.0. The molecule has 1 N–H and O–H groups in total. The molecule has 2 fully saturated rings. The highest BCUT2D eigenvalue weighted by Gasteiger charge is 2.41. The minimum atomic E-state index is -0.596. The topological polar surface area (TPSA) is 41.6 Å². The van der Waals surface area contributed by atoms with Crippen molar-refractivity contribution in [1.29, 1.82) is 0 Å². The average Bonchev–Trinajstić information content (AvgIpc) is 2.63. The van der Waals surface area contributed by atoms with Crippen LogP contribution in [0.15, 0.2) is 24.3 Å². The Hall–Kier alpha value is -1.46. The van der Waals surface area contributed by atoms with Gasteiger partial charge in [0.05, 0.1) is 5.41 Å². The number of benzene rings is 1. The second-order valence-electron chi connectivity index (χ2n) is 7.51. The molecule has 1 unspecified atom stereocenters. The van der Waals surface area contributed by atoms with Crippen molar-refractivity contribution < 1.29 is 13.9 Å². The third kappa shape index (κ3) is 4.39. The van der Waals surface area contributed by atoms with Crippen molar-refractivity contribution in [3.8, 4) is 0 Å². The van der Waals surface area contributed by atoms with Crippen molar-refractivity contribution in [3.05, 3.63) is 35.6 Å². The Kier molecular flexibility index (Phi) is 6.07. The van der Waals surface area contributed by atoms with E-state index in [-0.39, 0.29) is 11.7 Å². The van der Waals surface area contributed by atoms with Crippen LogP contribution in [0.3, 0.4) is 0 Å². The van der Waals surface area contributed by atoms with Crippen molar-refractivity contribution in [3.63, 3.8) is 0 Å². The van der Waals surface area contributed by atoms with E-state index in [2.05, 4.69) is 17.1 Å². The molecule has 0 aromatic heterocycles. The summed E-state index contributed by atoms with van der Waals surface area (Å²) in [4.78, 5) is 15.5. The minimum absolute atomic E-state index is 0.0486. The third-order valence-corrected chi connectivity index (χ3v) is 5.63. The maximum Gasteiger partial charge on any atom is 0.230 e. The van der Waals surface area contributed by atoms with Crippen LogP contribution in [0.5, 0.6) is 0 Å². The second kappa shape index (κ2) is 8.28. The van der Waals surface area contributed by atoms with Crippen LogP contribution in [0, 0.1) is 11.7 Å². The Labute approximate surface area is 149 Å². The van der Waals surface area contributed by atoms with E-state index in [9.17, 15) is 9.18 Å². The molecule has 0 aliphatic carbocycles. The number of likely N-dealkylation sites (tertiary alicyclic amines) is 1. The standard InChI is InChI=1S/C20H29FN2O2/c1-16-3-2-11-23(15-16)12-10-22-19(24)20(8-13-25-14-9-20)17-4-6-18(21)7-5-17/h4-7,16H,2-3,8-15H2,1H3,(H,22,24). The molecule has 4 nitrogen and oxygen atoms in total. The third-order valence-electron chi connectivity index (χ3n) is 5.63. The highest BCUT2D eigenvalue weighted by atomic mass is 19.1. The number of piperidine rings is 1. The lowest BCUT2D eigenvalue weighted by molar-refractivity contribution is -0.130. The molecule has 1 aromatic carbocycles. The van der Waals surface area contributed by atoms with Gasteiger partial charge in [0.1, 0.15) is 5.82 Å². The predicted octanol–water partition coefficient (Wildman–Crippen LogP) is 2.72. The summed E-state index contributed by atoms with van der Waals surface area (Å²) in [5.74, 6) is 0.517. The summed E-state index contributed by atoms with van der Waals surface area (Å²) >= 11 is 0. The number of nitrogens with zero attached hydrogens (tertiary/aromatic N) is 1. The van der Waals surface area contributed by atoms with Gasteiger partial charge in [0.25, 0.3) is 0 Å². The summed E-state index contributed by atoms with van der Waals surface area (Å²) < 4.78 is 18.8. The SMILES string of the molecule is CC1CCCN(CCNC(=O)C2(c3ccc(F)cc3)CCOCC2)C1. The molecule has 0 spiro atoms. The number of amides is 1. The van der Waals surface area contributed by atoms with Crippen molar-refractivity contribution in [2.75, 3.05) is 39.4 Å². The van der Waals surface area contributed by atoms with E-state index in [1.165, 1.54) is 25.0 Å². The van der Waals surface area contributed by atoms with Crippen LogP contribution in [0.25, 0.3) is 0 Å². The highest BCUT2D eigenvalue weighted by Crippen LogP contribution is 2.35. The number of hydrogen-bond donors (Lipinski definition) is 1. The van der Waals surface area contributed by atoms with Gasteiger partial charge in [-0.15, -0.1) is 0 Å². The summed E-state index contributed by atoms with van der Waals surface area (Å²) in [7, 11) is 0. The van der Waals surface area contributed by atoms with Crippen LogP contribution in [0.1, 0.15) is 38.2 Å². The first kappa shape index (κ1) is 18.3. The van der Waals surface area contributed by atoms with E-state index in [0.29, 0.717) is 32.6 Å². The summed E-state index contributed by atoms with van der Waals surface area (Å²) in [6, 6.07) is 6.36. The second-order valence-corrected chi connectivity index (χ2v) is 7.51. The first-order valence-corrected chi connectivity index (χ1v) is 9.45. The molecule has 2 saturated heterocycles. The average molecular weight is 348 g/mol. The maximum absolute atomic E-state index is 13.3. The van der Waals surface area contributed by atoms with Crippen LogP contribution in [0.4, 0.5) is 4.39 Å². The number of carbonyl (C=O) groups excluding carboxylic acids is 1. The summed E-state index contributed by atoms with van der Waals surface area (Å²) in [5.41, 5.74) is 0.294. The van der Waals surface area contributed by atoms with Crippen molar-refractivity contribution in [2.24, 2.45) is 5.92 Å². The molecule has 1 aromatic rings. The molecule has 2 heterocycles. The Morgan fingerprint density at radius 3 is 2.72 bits per heavy atom. The predicted molar refractivity (Wildman–Crippen MR) is 96.0 cm³/mol. The van der Waals surface area contributed by atoms with E-state index in [0.717, 1.165) is 31.1 Å². The zero-order chi connectivity index (χ0) is 17.7. The van der Waals surface area contributed by atoms with Crippen LogP contribution in [-0.2, 0) is 14.9 Å². The van der Waals surface area contributed by atoms with E-state index in [4.69, 9.17) is 4.74 Å². The number of carbonyl (C=O) groups is 1. The van der Waals surface area contributed by atoms with Gasteiger partial charge in [-0.05, 0) is 55.8 Å². The monoisotopic (exact) mass is 348 g/mol. The minimum Gasteiger partial charge on any atom is -0.381 e. The number of rotatable bonds is 5. The van der Waals surface area contributed by atoms with Crippen LogP contribution < -0.4 is 5.32 Å². The Balaban J connectivity index is 1.62. The molecule has 1 amide bonds. The molecule has 25 heavy (non-hydrogen) atoms. The largest absolute Gasteiger partial charge is 0.381 e. The summed E-state index contributed by atoms with van der Waals surface area (Å²) in [6.07, 6.45) is 3.83. The number of ether oxygens (including phenoxy) is 1. The van der Waals surface area contributed by atoms with Gasteiger partial charge in [-0.25, -0.2) is 4.39 Å². The van der Waals surface area contributed by atoms with Crippen LogP contribution >= 0.6 is 0 Å². The van der Waals surface area contributed by atoms with Gasteiger partial charge < -0.3 is 15.0 Å². The van der Waals surface area contributed by atoms with Gasteiger partial charge in [-0.1, -0.05) is 19.1 Å². The van der Waals surface area contributed by atoms with E-state index in [1.54, 1.807) is 12.1 Å². The Morgan fingerprint density at radius 1 is 1.32 bits per heavy atom. The number of hydrogen-bond acceptors (Lipinski definition) is 3. The molecule has 138 valence electrons. The quantitative estimate of drug-likeness (QED) is 0.890. The molecule has 2 aliphatic heterocycles. The smallest absolute Gasteiger partial charge is 0.230 e. The fourth-order valence-corrected chi connectivity index (χ4v) is 4.12. The van der Waals surface area contributed by atoms with Gasteiger partial charge in [0.15, 0.2) is 0 Å². The van der Waals surface area contributed by atoms with Crippen LogP contribution in [0.2, 0.25) is 0 Å². The van der Waals surface area contributed by atoms with E-state index >= 15 is 0 Å². The van der Waals surface area contributed by atoms with Gasteiger partial charge in [-0.3, -0.25) is 4.79 Å². The van der Waals surface area contributed by atoms with Gasteiger partial charge in [0, 0.05) is 32.8 Å². The molecule has 5 heteroatoms. The van der Waals surface area contributed by atoms with Crippen molar-refractivity contribution in [1.82, 2.24) is 10.2 Å². The first-order valence-electron chi connectivity index (χ1n) is 9.45. The maximum atomic E-state index is 13.3. The first-order chi connectivity index (χ1) is 12.1. The van der Waals surface area contributed by atoms with Crippen molar-refractivity contribution in [2.45, 2.75) is 38.0 Å². The molecule has 2 aliphatic rings. The molecular weight excluding hydrogens is 319 g/mol. The van der Waals surface area contributed by atoms with Crippen molar-refractivity contribution >= 4 is 5.91 Å². The molecule has 3 rings (SSSR count). The molecular formula is C20H29FN2O2. The Bertz CT molecular complexity index is 570. The van der Waals surface area contributed by atoms with E-state index in [1.807, 2.05) is 0 Å². The number of nitrogens with one attached hydrogen (secondary N) is 1. The lowest BCUT2D eigenvalue weighted by atomic mass is 9.73. The zero-order valence-corrected chi connectivity index (χ0v) is 15.1. The van der Waals surface area contributed by atoms with E-state index < -0.39 is 5.41 Å². The number of halogens is 1. The molecule has 0 saturated carbocycles. The lowest BCUT2D eigenvalue weighted by Gasteiger charge is -2.37. The molecule has 0 bridgehead atoms. The fraction of sp³-hybridized carbons (Fsp3) is 0.650. The fourth-order valence-electron chi connectivity index (χ4n) is 4.12. The van der Waals surface area contributed by atoms with Gasteiger partial charge in [0.2, 0.25) is 5.91 Å². The molecule has 0 radical (unpaired) electrons. The Morgan fingerprint density at radius 2 is 2.04 bits per heavy atom. The van der Waals surface area contributed by atoms with Gasteiger partial charge >= 0.3 is 0 Å². The highest BCUT2D eigenvalue weighted by molar-refractivity contribution is 5.88. The van der Waals surface area contributed by atoms with Crippen LogP contribution in [-0.4, -0.2) is 50.2 Å². The zero-order valence-electron chi connectivity index (χ0n) is 15.1. The summed E-state index contributed by atoms with van der Waals surface area (Å²) in [5, 5.41) is 3.14.